The fraction of sp³-hybridized carbons (Fsp3) is 0.455. The minimum absolute atomic E-state index is 0. The average molecular weight is 311 g/mol. The lowest BCUT2D eigenvalue weighted by atomic mass is 9.77. The van der Waals surface area contributed by atoms with E-state index >= 15 is 0 Å². The highest BCUT2D eigenvalue weighted by atomic mass is 79.9. The second-order valence-corrected chi connectivity index (χ2v) is 4.86. The van der Waals surface area contributed by atoms with Crippen LogP contribution < -0.4 is 5.73 Å². The molecule has 3 N–H and O–H groups in total. The fourth-order valence-electron chi connectivity index (χ4n) is 1.91. The van der Waals surface area contributed by atoms with Gasteiger partial charge in [0, 0.05) is 16.1 Å². The van der Waals surface area contributed by atoms with E-state index in [1.165, 1.54) is 12.5 Å². The third-order valence-electron chi connectivity index (χ3n) is 3.11. The number of benzene rings is 1. The van der Waals surface area contributed by atoms with Crippen molar-refractivity contribution in [3.63, 3.8) is 0 Å². The van der Waals surface area contributed by atoms with E-state index in [2.05, 4.69) is 15.9 Å². The van der Waals surface area contributed by atoms with Crippen LogP contribution in [0.5, 0.6) is 5.75 Å². The highest BCUT2D eigenvalue weighted by Gasteiger charge is 2.29. The molecule has 2 nitrogen and oxygen atoms in total. The van der Waals surface area contributed by atoms with Gasteiger partial charge in [-0.3, -0.25) is 0 Å². The van der Waals surface area contributed by atoms with E-state index in [0.717, 1.165) is 12.8 Å². The number of phenols is 1. The van der Waals surface area contributed by atoms with Crippen LogP contribution in [0.25, 0.3) is 0 Å². The van der Waals surface area contributed by atoms with Crippen LogP contribution in [-0.4, -0.2) is 5.11 Å². The molecular weight excluding hydrogens is 296 g/mol. The number of halogens is 3. The van der Waals surface area contributed by atoms with Gasteiger partial charge in [0.05, 0.1) is 0 Å². The van der Waals surface area contributed by atoms with Gasteiger partial charge in [-0.25, -0.2) is 4.39 Å². The first kappa shape index (κ1) is 13.7. The van der Waals surface area contributed by atoms with E-state index in [1.54, 1.807) is 6.07 Å². The Labute approximate surface area is 109 Å². The Hall–Kier alpha value is -0.320. The Morgan fingerprint density at radius 3 is 2.56 bits per heavy atom. The molecule has 0 spiro atoms. The monoisotopic (exact) mass is 309 g/mol. The van der Waals surface area contributed by atoms with Gasteiger partial charge in [0.15, 0.2) is 11.6 Å². The maximum absolute atomic E-state index is 13.2. The molecule has 1 saturated carbocycles. The van der Waals surface area contributed by atoms with Gasteiger partial charge in [-0.15, -0.1) is 12.4 Å². The molecule has 0 bridgehead atoms. The van der Waals surface area contributed by atoms with Gasteiger partial charge in [-0.2, -0.15) is 0 Å². The molecule has 0 heterocycles. The number of hydrogen-bond acceptors (Lipinski definition) is 2. The lowest BCUT2D eigenvalue weighted by Crippen LogP contribution is -2.27. The maximum Gasteiger partial charge on any atom is 0.165 e. The zero-order chi connectivity index (χ0) is 11.0. The minimum Gasteiger partial charge on any atom is -0.505 e. The molecule has 0 saturated heterocycles. The van der Waals surface area contributed by atoms with E-state index in [4.69, 9.17) is 5.73 Å². The molecule has 90 valence electrons. The first-order valence-electron chi connectivity index (χ1n) is 5.03. The standard InChI is InChI=1S/C11H13BrFNO.ClH/c12-7-4-5-8(13)11(15)9(7)10(14)6-2-1-3-6;/h4-6,10,15H,1-3,14H2;1H/t10-;/m1./s1. The Kier molecular flexibility index (Phi) is 4.59. The van der Waals surface area contributed by atoms with Gasteiger partial charge in [0.1, 0.15) is 0 Å². The largest absolute Gasteiger partial charge is 0.505 e. The average Bonchev–Trinajstić information content (AvgIpc) is 2.09. The van der Waals surface area contributed by atoms with E-state index in [9.17, 15) is 9.50 Å². The summed E-state index contributed by atoms with van der Waals surface area (Å²) in [4.78, 5) is 0. The fourth-order valence-corrected chi connectivity index (χ4v) is 2.49. The van der Waals surface area contributed by atoms with Crippen LogP contribution in [0.1, 0.15) is 30.9 Å². The van der Waals surface area contributed by atoms with Crippen LogP contribution in [0.3, 0.4) is 0 Å². The first-order chi connectivity index (χ1) is 7.11. The Bertz CT molecular complexity index is 384. The molecule has 16 heavy (non-hydrogen) atoms. The lowest BCUT2D eigenvalue weighted by molar-refractivity contribution is 0.258. The molecule has 0 amide bonds. The summed E-state index contributed by atoms with van der Waals surface area (Å²) in [5.74, 6) is -0.555. The predicted molar refractivity (Wildman–Crippen MR) is 67.3 cm³/mol. The van der Waals surface area contributed by atoms with Crippen LogP contribution in [0.2, 0.25) is 0 Å². The van der Waals surface area contributed by atoms with E-state index < -0.39 is 5.82 Å². The minimum atomic E-state index is -0.608. The summed E-state index contributed by atoms with van der Waals surface area (Å²) in [7, 11) is 0. The molecule has 5 heteroatoms. The van der Waals surface area contributed by atoms with E-state index in [0.29, 0.717) is 16.0 Å². The second kappa shape index (κ2) is 5.34. The third-order valence-corrected chi connectivity index (χ3v) is 3.80. The first-order valence-corrected chi connectivity index (χ1v) is 5.83. The van der Waals surface area contributed by atoms with Crippen LogP contribution in [0, 0.1) is 11.7 Å². The van der Waals surface area contributed by atoms with Crippen molar-refractivity contribution >= 4 is 28.3 Å². The zero-order valence-corrected chi connectivity index (χ0v) is 11.0. The molecule has 1 aromatic rings. The summed E-state index contributed by atoms with van der Waals surface area (Å²) in [6, 6.07) is 2.54. The van der Waals surface area contributed by atoms with Crippen LogP contribution in [0.4, 0.5) is 4.39 Å². The number of nitrogens with two attached hydrogens (primary N) is 1. The van der Waals surface area contributed by atoms with Crippen molar-refractivity contribution in [2.75, 3.05) is 0 Å². The van der Waals surface area contributed by atoms with Gasteiger partial charge < -0.3 is 10.8 Å². The maximum atomic E-state index is 13.2. The Morgan fingerprint density at radius 1 is 1.44 bits per heavy atom. The third kappa shape index (κ3) is 2.34. The van der Waals surface area contributed by atoms with Crippen LogP contribution in [-0.2, 0) is 0 Å². The van der Waals surface area contributed by atoms with Crippen molar-refractivity contribution in [3.05, 3.63) is 28.0 Å². The van der Waals surface area contributed by atoms with Crippen molar-refractivity contribution in [1.82, 2.24) is 0 Å². The number of rotatable bonds is 2. The smallest absolute Gasteiger partial charge is 0.165 e. The molecule has 1 fully saturated rings. The van der Waals surface area contributed by atoms with Crippen molar-refractivity contribution in [1.29, 1.82) is 0 Å². The molecule has 2 rings (SSSR count). The molecule has 1 aliphatic rings. The van der Waals surface area contributed by atoms with Gasteiger partial charge in [0.2, 0.25) is 0 Å². The molecule has 0 radical (unpaired) electrons. The van der Waals surface area contributed by atoms with Gasteiger partial charge >= 0.3 is 0 Å². The van der Waals surface area contributed by atoms with Gasteiger partial charge in [-0.05, 0) is 30.9 Å². The highest BCUT2D eigenvalue weighted by Crippen LogP contribution is 2.42. The normalized spacial score (nSPS) is 17.4. The van der Waals surface area contributed by atoms with Gasteiger partial charge in [-0.1, -0.05) is 22.4 Å². The summed E-state index contributed by atoms with van der Waals surface area (Å²) in [6.45, 7) is 0. The quantitative estimate of drug-likeness (QED) is 0.878. The van der Waals surface area contributed by atoms with Crippen molar-refractivity contribution in [2.45, 2.75) is 25.3 Å². The summed E-state index contributed by atoms with van der Waals surface area (Å²) in [5, 5.41) is 9.63. The molecule has 1 atom stereocenters. The summed E-state index contributed by atoms with van der Waals surface area (Å²) in [6.07, 6.45) is 3.29. The SMILES string of the molecule is Cl.N[C@@H](c1c(Br)ccc(F)c1O)C1CCC1. The van der Waals surface area contributed by atoms with Crippen molar-refractivity contribution in [2.24, 2.45) is 11.7 Å². The molecule has 1 aromatic carbocycles. The summed E-state index contributed by atoms with van der Waals surface area (Å²) in [5.41, 5.74) is 6.51. The van der Waals surface area contributed by atoms with Crippen molar-refractivity contribution < 1.29 is 9.50 Å². The Balaban J connectivity index is 0.00000128. The van der Waals surface area contributed by atoms with Crippen molar-refractivity contribution in [3.8, 4) is 5.75 Å². The number of phenolic OH excluding ortho intramolecular Hbond substituents is 1. The Morgan fingerprint density at radius 2 is 2.06 bits per heavy atom. The number of hydrogen-bond donors (Lipinski definition) is 2. The molecular formula is C11H14BrClFNO. The second-order valence-electron chi connectivity index (χ2n) is 4.01. The highest BCUT2D eigenvalue weighted by molar-refractivity contribution is 9.10. The summed E-state index contributed by atoms with van der Waals surface area (Å²) < 4.78 is 13.9. The van der Waals surface area contributed by atoms with Crippen LogP contribution in [0.15, 0.2) is 16.6 Å². The summed E-state index contributed by atoms with van der Waals surface area (Å²) >= 11 is 3.30. The zero-order valence-electron chi connectivity index (χ0n) is 8.62. The van der Waals surface area contributed by atoms with Gasteiger partial charge in [0.25, 0.3) is 0 Å². The molecule has 1 aliphatic carbocycles. The topological polar surface area (TPSA) is 46.2 Å². The van der Waals surface area contributed by atoms with E-state index in [1.807, 2.05) is 0 Å². The molecule has 0 aromatic heterocycles. The predicted octanol–water partition coefficient (Wildman–Crippen LogP) is 3.52. The molecule has 0 unspecified atom stereocenters. The lowest BCUT2D eigenvalue weighted by Gasteiger charge is -2.32. The van der Waals surface area contributed by atoms with Crippen LogP contribution >= 0.6 is 28.3 Å². The van der Waals surface area contributed by atoms with E-state index in [-0.39, 0.29) is 24.2 Å². The number of aromatic hydroxyl groups is 1. The molecule has 0 aliphatic heterocycles.